The van der Waals surface area contributed by atoms with E-state index in [1.54, 1.807) is 11.3 Å². The molecule has 2 N–H and O–H groups in total. The number of hydrogen-bond donors (Lipinski definition) is 1. The van der Waals surface area contributed by atoms with Crippen molar-refractivity contribution >= 4 is 27.3 Å². The monoisotopic (exact) mass is 337 g/mol. The minimum absolute atomic E-state index is 0.0885. The molecule has 2 nitrogen and oxygen atoms in total. The van der Waals surface area contributed by atoms with Crippen LogP contribution in [-0.2, 0) is 0 Å². The minimum Gasteiger partial charge on any atom is -0.493 e. The third-order valence-electron chi connectivity index (χ3n) is 3.60. The van der Waals surface area contributed by atoms with Gasteiger partial charge in [-0.3, -0.25) is 0 Å². The summed E-state index contributed by atoms with van der Waals surface area (Å²) in [5.74, 6) is 1.52. The van der Waals surface area contributed by atoms with Crippen molar-refractivity contribution < 1.29 is 4.74 Å². The molecule has 0 radical (unpaired) electrons. The standard InChI is InChI=1S/C15H16BrNOS/c16-12-6-8-19-15(12)13(17)9-10-5-7-18-14-4-2-1-3-11(10)14/h1-4,6,8,10,13H,5,7,9,17H2. The van der Waals surface area contributed by atoms with Crippen LogP contribution in [0.1, 0.15) is 35.2 Å². The van der Waals surface area contributed by atoms with Crippen LogP contribution in [0.3, 0.4) is 0 Å². The third kappa shape index (κ3) is 2.71. The van der Waals surface area contributed by atoms with Gasteiger partial charge >= 0.3 is 0 Å². The van der Waals surface area contributed by atoms with Crippen LogP contribution < -0.4 is 10.5 Å². The van der Waals surface area contributed by atoms with Gasteiger partial charge in [-0.05, 0) is 57.8 Å². The fourth-order valence-corrected chi connectivity index (χ4v) is 4.33. The summed E-state index contributed by atoms with van der Waals surface area (Å²) in [7, 11) is 0. The van der Waals surface area contributed by atoms with E-state index in [9.17, 15) is 0 Å². The van der Waals surface area contributed by atoms with Gasteiger partial charge in [-0.15, -0.1) is 11.3 Å². The third-order valence-corrected chi connectivity index (χ3v) is 5.61. The van der Waals surface area contributed by atoms with Crippen LogP contribution in [-0.4, -0.2) is 6.61 Å². The Morgan fingerprint density at radius 2 is 2.21 bits per heavy atom. The van der Waals surface area contributed by atoms with E-state index in [4.69, 9.17) is 10.5 Å². The Kier molecular flexibility index (Phi) is 3.91. The molecule has 0 amide bonds. The molecule has 0 fully saturated rings. The van der Waals surface area contributed by atoms with Gasteiger partial charge in [0.25, 0.3) is 0 Å². The van der Waals surface area contributed by atoms with Crippen LogP contribution in [0.25, 0.3) is 0 Å². The molecule has 2 atom stereocenters. The number of fused-ring (bicyclic) bond motifs is 1. The van der Waals surface area contributed by atoms with E-state index >= 15 is 0 Å². The molecule has 2 heterocycles. The maximum atomic E-state index is 6.37. The first-order valence-electron chi connectivity index (χ1n) is 6.46. The van der Waals surface area contributed by atoms with E-state index in [1.807, 2.05) is 12.1 Å². The zero-order chi connectivity index (χ0) is 13.2. The highest BCUT2D eigenvalue weighted by Gasteiger charge is 2.24. The fraction of sp³-hybridized carbons (Fsp3) is 0.333. The van der Waals surface area contributed by atoms with Crippen molar-refractivity contribution in [1.29, 1.82) is 0 Å². The summed E-state index contributed by atoms with van der Waals surface area (Å²) in [4.78, 5) is 1.24. The van der Waals surface area contributed by atoms with E-state index in [0.717, 1.165) is 29.7 Å². The van der Waals surface area contributed by atoms with Crippen molar-refractivity contribution in [2.24, 2.45) is 5.73 Å². The molecular formula is C15H16BrNOS. The lowest BCUT2D eigenvalue weighted by Crippen LogP contribution is -2.19. The van der Waals surface area contributed by atoms with Crippen molar-refractivity contribution in [3.05, 3.63) is 50.6 Å². The van der Waals surface area contributed by atoms with Gasteiger partial charge in [-0.25, -0.2) is 0 Å². The molecule has 3 rings (SSSR count). The molecule has 1 aliphatic heterocycles. The lowest BCUT2D eigenvalue weighted by molar-refractivity contribution is 0.259. The molecule has 1 aliphatic rings. The van der Waals surface area contributed by atoms with Gasteiger partial charge in [0.1, 0.15) is 5.75 Å². The Labute approximate surface area is 125 Å². The van der Waals surface area contributed by atoms with Crippen molar-refractivity contribution in [2.75, 3.05) is 6.61 Å². The van der Waals surface area contributed by atoms with Gasteiger partial charge in [0, 0.05) is 15.4 Å². The number of halogens is 1. The van der Waals surface area contributed by atoms with Gasteiger partial charge in [0.15, 0.2) is 0 Å². The number of nitrogens with two attached hydrogens (primary N) is 1. The van der Waals surface area contributed by atoms with Crippen molar-refractivity contribution in [3.8, 4) is 5.75 Å². The molecule has 4 heteroatoms. The first-order valence-corrected chi connectivity index (χ1v) is 8.13. The molecule has 1 aromatic heterocycles. The van der Waals surface area contributed by atoms with Gasteiger partial charge < -0.3 is 10.5 Å². The SMILES string of the molecule is NC(CC1CCOc2ccccc21)c1sccc1Br. The number of hydrogen-bond acceptors (Lipinski definition) is 3. The fourth-order valence-electron chi connectivity index (χ4n) is 2.64. The molecule has 100 valence electrons. The lowest BCUT2D eigenvalue weighted by atomic mass is 9.87. The Morgan fingerprint density at radius 3 is 3.00 bits per heavy atom. The second kappa shape index (κ2) is 5.65. The Morgan fingerprint density at radius 1 is 1.37 bits per heavy atom. The zero-order valence-corrected chi connectivity index (χ0v) is 12.9. The second-order valence-corrected chi connectivity index (χ2v) is 6.65. The van der Waals surface area contributed by atoms with E-state index < -0.39 is 0 Å². The average molecular weight is 338 g/mol. The highest BCUT2D eigenvalue weighted by atomic mass is 79.9. The molecule has 0 spiro atoms. The van der Waals surface area contributed by atoms with Crippen LogP contribution in [0.2, 0.25) is 0 Å². The summed E-state index contributed by atoms with van der Waals surface area (Å²) < 4.78 is 6.83. The van der Waals surface area contributed by atoms with Gasteiger partial charge in [0.05, 0.1) is 6.61 Å². The molecule has 0 saturated heterocycles. The summed E-state index contributed by atoms with van der Waals surface area (Å²) in [6, 6.07) is 10.5. The highest BCUT2D eigenvalue weighted by molar-refractivity contribution is 9.10. The molecule has 0 bridgehead atoms. The Balaban J connectivity index is 1.80. The molecular weight excluding hydrogens is 322 g/mol. The number of thiophene rings is 1. The van der Waals surface area contributed by atoms with Crippen molar-refractivity contribution in [2.45, 2.75) is 24.8 Å². The topological polar surface area (TPSA) is 35.2 Å². The molecule has 19 heavy (non-hydrogen) atoms. The van der Waals surface area contributed by atoms with Crippen LogP contribution in [0.5, 0.6) is 5.75 Å². The molecule has 0 aliphatic carbocycles. The predicted molar refractivity (Wildman–Crippen MR) is 82.9 cm³/mol. The Hall–Kier alpha value is -0.840. The van der Waals surface area contributed by atoms with E-state index in [2.05, 4.69) is 39.5 Å². The summed E-state index contributed by atoms with van der Waals surface area (Å²) in [6.07, 6.45) is 2.02. The maximum absolute atomic E-state index is 6.37. The summed E-state index contributed by atoms with van der Waals surface area (Å²) in [5.41, 5.74) is 7.67. The maximum Gasteiger partial charge on any atom is 0.122 e. The van der Waals surface area contributed by atoms with Gasteiger partial charge in [-0.2, -0.15) is 0 Å². The summed E-state index contributed by atoms with van der Waals surface area (Å²) in [5, 5.41) is 2.08. The van der Waals surface area contributed by atoms with E-state index in [0.29, 0.717) is 5.92 Å². The zero-order valence-electron chi connectivity index (χ0n) is 10.5. The predicted octanol–water partition coefficient (Wildman–Crippen LogP) is 4.47. The summed E-state index contributed by atoms with van der Waals surface area (Å²) in [6.45, 7) is 0.792. The second-order valence-electron chi connectivity index (χ2n) is 4.85. The average Bonchev–Trinajstić information content (AvgIpc) is 2.85. The largest absolute Gasteiger partial charge is 0.493 e. The number of para-hydroxylation sites is 1. The first kappa shape index (κ1) is 13.2. The highest BCUT2D eigenvalue weighted by Crippen LogP contribution is 2.40. The van der Waals surface area contributed by atoms with Crippen molar-refractivity contribution in [1.82, 2.24) is 0 Å². The van der Waals surface area contributed by atoms with Crippen LogP contribution in [0.4, 0.5) is 0 Å². The summed E-state index contributed by atoms with van der Waals surface area (Å²) >= 11 is 5.29. The number of rotatable bonds is 3. The van der Waals surface area contributed by atoms with Gasteiger partial charge in [0.2, 0.25) is 0 Å². The van der Waals surface area contributed by atoms with E-state index in [-0.39, 0.29) is 6.04 Å². The molecule has 0 saturated carbocycles. The van der Waals surface area contributed by atoms with Crippen molar-refractivity contribution in [3.63, 3.8) is 0 Å². The molecule has 1 aromatic carbocycles. The Bertz CT molecular complexity index is 569. The van der Waals surface area contributed by atoms with Gasteiger partial charge in [-0.1, -0.05) is 18.2 Å². The number of ether oxygens (including phenoxy) is 1. The van der Waals surface area contributed by atoms with E-state index in [1.165, 1.54) is 10.4 Å². The first-order chi connectivity index (χ1) is 9.25. The quantitative estimate of drug-likeness (QED) is 0.896. The molecule has 2 unspecified atom stereocenters. The van der Waals surface area contributed by atoms with Crippen LogP contribution >= 0.6 is 27.3 Å². The normalized spacial score (nSPS) is 19.6. The molecule has 2 aromatic rings. The van der Waals surface area contributed by atoms with Crippen LogP contribution in [0.15, 0.2) is 40.2 Å². The van der Waals surface area contributed by atoms with Crippen LogP contribution in [0, 0.1) is 0 Å². The minimum atomic E-state index is 0.0885. The lowest BCUT2D eigenvalue weighted by Gasteiger charge is -2.27. The number of benzene rings is 1. The smallest absolute Gasteiger partial charge is 0.122 e.